The van der Waals surface area contributed by atoms with Crippen LogP contribution in [0.4, 0.5) is 0 Å². The normalized spacial score (nSPS) is 8.67. The highest BCUT2D eigenvalue weighted by atomic mass is 16.4. The summed E-state index contributed by atoms with van der Waals surface area (Å²) in [5.74, 6) is -0.745. The third-order valence-corrected chi connectivity index (χ3v) is 1.70. The maximum Gasteiger partial charge on any atom is 0.303 e. The van der Waals surface area contributed by atoms with Gasteiger partial charge >= 0.3 is 5.97 Å². The molecule has 82 valence electrons. The van der Waals surface area contributed by atoms with Gasteiger partial charge in [0.15, 0.2) is 0 Å². The second-order valence-corrected chi connectivity index (χ2v) is 2.85. The number of hydrogen-bond donors (Lipinski definition) is 2. The van der Waals surface area contributed by atoms with Crippen LogP contribution in [0.3, 0.4) is 0 Å². The van der Waals surface area contributed by atoms with Crippen molar-refractivity contribution in [3.63, 3.8) is 0 Å². The molecular formula is C12H16O3. The highest BCUT2D eigenvalue weighted by Crippen LogP contribution is 2.04. The molecule has 3 heteroatoms. The zero-order chi connectivity index (χ0) is 11.7. The molecule has 15 heavy (non-hydrogen) atoms. The fraction of sp³-hybridized carbons (Fsp3) is 0.250. The molecule has 0 saturated heterocycles. The Labute approximate surface area is 89.7 Å². The number of hydrogen-bond acceptors (Lipinski definition) is 2. The predicted molar refractivity (Wildman–Crippen MR) is 60.4 cm³/mol. The molecule has 0 fully saturated rings. The lowest BCUT2D eigenvalue weighted by atomic mass is 10.1. The summed E-state index contributed by atoms with van der Waals surface area (Å²) in [5, 5.41) is 16.4. The highest BCUT2D eigenvalue weighted by Gasteiger charge is 1.87. The first-order chi connectivity index (χ1) is 7.13. The average molecular weight is 208 g/mol. The first kappa shape index (κ1) is 13.4. The third kappa shape index (κ3) is 6.46. The van der Waals surface area contributed by atoms with E-state index < -0.39 is 5.97 Å². The quantitative estimate of drug-likeness (QED) is 0.801. The van der Waals surface area contributed by atoms with Crippen LogP contribution in [0.25, 0.3) is 6.08 Å². The van der Waals surface area contributed by atoms with Crippen molar-refractivity contribution in [3.05, 3.63) is 42.0 Å². The Hall–Kier alpha value is -1.61. The fourth-order valence-corrected chi connectivity index (χ4v) is 0.759. The van der Waals surface area contributed by atoms with Crippen LogP contribution >= 0.6 is 0 Å². The van der Waals surface area contributed by atoms with Crippen molar-refractivity contribution in [2.24, 2.45) is 0 Å². The number of aliphatic hydroxyl groups is 1. The molecule has 0 amide bonds. The lowest BCUT2D eigenvalue weighted by molar-refractivity contribution is -0.136. The van der Waals surface area contributed by atoms with Crippen LogP contribution in [-0.4, -0.2) is 16.2 Å². The molecule has 0 aliphatic rings. The number of carboxylic acid groups (broad SMARTS) is 1. The smallest absolute Gasteiger partial charge is 0.303 e. The molecule has 0 saturated carbocycles. The summed E-state index contributed by atoms with van der Waals surface area (Å²) in [6.45, 7) is 5.33. The molecule has 1 aromatic carbocycles. The molecule has 0 heterocycles. The number of carboxylic acids is 1. The summed E-state index contributed by atoms with van der Waals surface area (Å²) in [6.07, 6.45) is 2.00. The van der Waals surface area contributed by atoms with E-state index in [0.29, 0.717) is 0 Å². The second-order valence-electron chi connectivity index (χ2n) is 2.85. The number of aliphatic carboxylic acids is 1. The lowest BCUT2D eigenvalue weighted by Gasteiger charge is -1.94. The number of carbonyl (C=O) groups is 1. The molecule has 0 aromatic heterocycles. The van der Waals surface area contributed by atoms with Gasteiger partial charge in [0.2, 0.25) is 0 Å². The summed E-state index contributed by atoms with van der Waals surface area (Å²) in [6, 6.07) is 7.63. The Bertz CT molecular complexity index is 301. The maximum absolute atomic E-state index is 9.37. The zero-order valence-corrected chi connectivity index (χ0v) is 8.81. The minimum Gasteiger partial charge on any atom is -0.481 e. The molecule has 1 rings (SSSR count). The minimum absolute atomic E-state index is 0.109. The van der Waals surface area contributed by atoms with Crippen molar-refractivity contribution < 1.29 is 15.0 Å². The van der Waals surface area contributed by atoms with E-state index in [1.54, 1.807) is 13.0 Å². The second kappa shape index (κ2) is 7.76. The molecule has 0 spiro atoms. The van der Waals surface area contributed by atoms with Crippen LogP contribution in [0.2, 0.25) is 0 Å². The Balaban J connectivity index is 0.000000336. The molecule has 0 unspecified atom stereocenters. The molecule has 0 bridgehead atoms. The van der Waals surface area contributed by atoms with Gasteiger partial charge in [-0.2, -0.15) is 0 Å². The van der Waals surface area contributed by atoms with Crippen molar-refractivity contribution in [1.29, 1.82) is 0 Å². The molecule has 0 radical (unpaired) electrons. The van der Waals surface area contributed by atoms with E-state index in [4.69, 9.17) is 10.2 Å². The van der Waals surface area contributed by atoms with Crippen LogP contribution in [0.15, 0.2) is 30.8 Å². The van der Waals surface area contributed by atoms with E-state index in [1.165, 1.54) is 0 Å². The van der Waals surface area contributed by atoms with Crippen LogP contribution in [0, 0.1) is 0 Å². The molecule has 2 N–H and O–H groups in total. The van der Waals surface area contributed by atoms with E-state index >= 15 is 0 Å². The van der Waals surface area contributed by atoms with Gasteiger partial charge in [-0.25, -0.2) is 0 Å². The van der Waals surface area contributed by atoms with Gasteiger partial charge in [-0.3, -0.25) is 4.79 Å². The van der Waals surface area contributed by atoms with Crippen molar-refractivity contribution >= 4 is 12.0 Å². The summed E-state index contributed by atoms with van der Waals surface area (Å²) >= 11 is 0. The maximum atomic E-state index is 9.37. The molecule has 0 atom stereocenters. The van der Waals surface area contributed by atoms with E-state index in [0.717, 1.165) is 11.1 Å². The Morgan fingerprint density at radius 2 is 1.87 bits per heavy atom. The predicted octanol–water partition coefficient (Wildman–Crippen LogP) is 2.30. The van der Waals surface area contributed by atoms with Crippen LogP contribution in [0.1, 0.15) is 24.5 Å². The monoisotopic (exact) mass is 208 g/mol. The van der Waals surface area contributed by atoms with E-state index in [2.05, 4.69) is 6.58 Å². The van der Waals surface area contributed by atoms with Gasteiger partial charge in [-0.15, -0.1) is 0 Å². The molecular weight excluding hydrogens is 192 g/mol. The standard InChI is InChI=1S/C9H10O.C3H6O2/c1-2-8-3-5-9(7-10)6-4-8;1-2-3(4)5/h2-6,10H,1,7H2;2H2,1H3,(H,4,5). The summed E-state index contributed by atoms with van der Waals surface area (Å²) in [5.41, 5.74) is 2.02. The molecule has 3 nitrogen and oxygen atoms in total. The fourth-order valence-electron chi connectivity index (χ4n) is 0.759. The van der Waals surface area contributed by atoms with Gasteiger partial charge in [-0.05, 0) is 11.1 Å². The van der Waals surface area contributed by atoms with Gasteiger partial charge in [0.25, 0.3) is 0 Å². The van der Waals surface area contributed by atoms with Crippen molar-refractivity contribution in [2.75, 3.05) is 0 Å². The Kier molecular flexibility index (Phi) is 6.93. The van der Waals surface area contributed by atoms with Gasteiger partial charge in [0.1, 0.15) is 0 Å². The van der Waals surface area contributed by atoms with Crippen molar-refractivity contribution in [3.8, 4) is 0 Å². The Morgan fingerprint density at radius 3 is 2.13 bits per heavy atom. The van der Waals surface area contributed by atoms with Crippen molar-refractivity contribution in [1.82, 2.24) is 0 Å². The summed E-state index contributed by atoms with van der Waals surface area (Å²) in [7, 11) is 0. The van der Waals surface area contributed by atoms with Crippen LogP contribution in [-0.2, 0) is 11.4 Å². The molecule has 0 aliphatic heterocycles. The zero-order valence-electron chi connectivity index (χ0n) is 8.81. The van der Waals surface area contributed by atoms with E-state index in [9.17, 15) is 4.79 Å². The highest BCUT2D eigenvalue weighted by molar-refractivity contribution is 5.66. The summed E-state index contributed by atoms with van der Waals surface area (Å²) < 4.78 is 0. The van der Waals surface area contributed by atoms with Crippen molar-refractivity contribution in [2.45, 2.75) is 20.0 Å². The lowest BCUT2D eigenvalue weighted by Crippen LogP contribution is -1.86. The topological polar surface area (TPSA) is 57.5 Å². The molecule has 1 aromatic rings. The van der Waals surface area contributed by atoms with Gasteiger partial charge in [0.05, 0.1) is 6.61 Å². The minimum atomic E-state index is -0.745. The number of rotatable bonds is 3. The Morgan fingerprint density at radius 1 is 1.40 bits per heavy atom. The first-order valence-corrected chi connectivity index (χ1v) is 4.68. The third-order valence-electron chi connectivity index (χ3n) is 1.70. The van der Waals surface area contributed by atoms with Crippen LogP contribution in [0.5, 0.6) is 0 Å². The van der Waals surface area contributed by atoms with Gasteiger partial charge < -0.3 is 10.2 Å². The largest absolute Gasteiger partial charge is 0.481 e. The SMILES string of the molecule is C=Cc1ccc(CO)cc1.CCC(=O)O. The van der Waals surface area contributed by atoms with Gasteiger partial charge in [0, 0.05) is 6.42 Å². The van der Waals surface area contributed by atoms with E-state index in [-0.39, 0.29) is 13.0 Å². The number of aliphatic hydroxyl groups excluding tert-OH is 1. The summed E-state index contributed by atoms with van der Waals surface area (Å²) in [4.78, 5) is 9.37. The first-order valence-electron chi connectivity index (χ1n) is 4.68. The van der Waals surface area contributed by atoms with Gasteiger partial charge in [-0.1, -0.05) is 43.8 Å². The molecule has 0 aliphatic carbocycles. The average Bonchev–Trinajstić information content (AvgIpc) is 2.30. The van der Waals surface area contributed by atoms with Crippen LogP contribution < -0.4 is 0 Å². The number of benzene rings is 1. The van der Waals surface area contributed by atoms with E-state index in [1.807, 2.05) is 24.3 Å².